The van der Waals surface area contributed by atoms with Crippen LogP contribution in [0.3, 0.4) is 0 Å². The minimum atomic E-state index is -2.07. The molecule has 1 aliphatic rings. The number of tetrazole rings is 1. The van der Waals surface area contributed by atoms with E-state index in [0.717, 1.165) is 5.56 Å². The molecule has 2 aromatic heterocycles. The Hall–Kier alpha value is -4.06. The predicted molar refractivity (Wildman–Crippen MR) is 149 cm³/mol. The van der Waals surface area contributed by atoms with E-state index in [-0.39, 0.29) is 25.0 Å². The third kappa shape index (κ3) is 5.91. The minimum Gasteiger partial charge on any atom is -0.497 e. The Labute approximate surface area is 243 Å². The molecule has 2 N–H and O–H groups in total. The number of aromatic nitrogens is 5. The number of nitrogens with one attached hydrogen (secondary N) is 2. The molecule has 14 heteroatoms. The van der Waals surface area contributed by atoms with Crippen molar-refractivity contribution in [3.63, 3.8) is 0 Å². The van der Waals surface area contributed by atoms with E-state index < -0.39 is 9.70 Å². The fraction of sp³-hybridized carbons (Fsp3) is 0.192. The highest BCUT2D eigenvalue weighted by atomic mass is 35.6. The van der Waals surface area contributed by atoms with E-state index in [4.69, 9.17) is 58.7 Å². The molecule has 1 aliphatic heterocycles. The highest BCUT2D eigenvalue weighted by Gasteiger charge is 2.30. The third-order valence-electron chi connectivity index (χ3n) is 5.82. The van der Waals surface area contributed by atoms with Crippen molar-refractivity contribution < 1.29 is 23.7 Å². The Morgan fingerprint density at radius 1 is 1.10 bits per heavy atom. The van der Waals surface area contributed by atoms with Crippen molar-refractivity contribution in [2.45, 2.75) is 10.7 Å². The Morgan fingerprint density at radius 3 is 2.55 bits per heavy atom. The molecule has 0 spiro atoms. The van der Waals surface area contributed by atoms with Gasteiger partial charge in [-0.2, -0.15) is 5.21 Å². The van der Waals surface area contributed by atoms with Gasteiger partial charge in [-0.05, 0) is 42.0 Å². The summed E-state index contributed by atoms with van der Waals surface area (Å²) in [6.45, 7) is 2.06. The number of aromatic amines is 1. The number of nitrogens with zero attached hydrogens (tertiary/aromatic N) is 4. The normalized spacial score (nSPS) is 12.5. The quantitative estimate of drug-likeness (QED) is 0.259. The summed E-state index contributed by atoms with van der Waals surface area (Å²) >= 11 is 17.0. The summed E-state index contributed by atoms with van der Waals surface area (Å²) < 4.78 is 20.4. The van der Waals surface area contributed by atoms with Gasteiger partial charge in [-0.3, -0.25) is 4.79 Å². The fourth-order valence-corrected chi connectivity index (χ4v) is 4.18. The first kappa shape index (κ1) is 27.5. The van der Waals surface area contributed by atoms with Gasteiger partial charge in [-0.1, -0.05) is 59.1 Å². The number of carbonyl (C=O) groups excluding carboxylic acids is 1. The highest BCUT2D eigenvalue weighted by Crippen LogP contribution is 2.44. The molecule has 3 heterocycles. The van der Waals surface area contributed by atoms with E-state index in [1.165, 1.54) is 0 Å². The van der Waals surface area contributed by atoms with Crippen molar-refractivity contribution in [1.29, 1.82) is 0 Å². The maximum absolute atomic E-state index is 12.0. The number of alkyl halides is 3. The lowest BCUT2D eigenvalue weighted by atomic mass is 9.93. The second kappa shape index (κ2) is 11.6. The van der Waals surface area contributed by atoms with Crippen molar-refractivity contribution in [2.75, 3.05) is 20.4 Å². The first-order valence-corrected chi connectivity index (χ1v) is 12.9. The standard InChI is InChI=1S/C26H21Cl3N6O5/c1-14-18(4-3-11-30-25(36)26(27,28)29)21(15-5-7-16(37-2)8-6-15)22(23-32-34-35-33-23)24(31-14)40-17-9-10-19-20(12-17)39-13-38-19/h3-10,12H,11,13H2,1-2H3,(H,30,36)(H,32,33,34,35)/b4-3+. The zero-order valence-electron chi connectivity index (χ0n) is 21.1. The molecule has 0 saturated heterocycles. The van der Waals surface area contributed by atoms with Crippen LogP contribution in [0.4, 0.5) is 0 Å². The van der Waals surface area contributed by atoms with Crippen molar-refractivity contribution in [2.24, 2.45) is 0 Å². The second-order valence-corrected chi connectivity index (χ2v) is 10.6. The monoisotopic (exact) mass is 602 g/mol. The van der Waals surface area contributed by atoms with Crippen LogP contribution in [0.15, 0.2) is 48.5 Å². The van der Waals surface area contributed by atoms with Gasteiger partial charge >= 0.3 is 0 Å². The van der Waals surface area contributed by atoms with Gasteiger partial charge in [0.05, 0.1) is 12.7 Å². The summed E-state index contributed by atoms with van der Waals surface area (Å²) in [5.41, 5.74) is 3.32. The summed E-state index contributed by atoms with van der Waals surface area (Å²) in [6, 6.07) is 12.7. The number of pyridine rings is 1. The van der Waals surface area contributed by atoms with Gasteiger partial charge < -0.3 is 24.3 Å². The maximum atomic E-state index is 12.0. The number of methoxy groups -OCH3 is 1. The van der Waals surface area contributed by atoms with Gasteiger partial charge in [0.2, 0.25) is 18.5 Å². The fourth-order valence-electron chi connectivity index (χ4n) is 3.98. The molecule has 11 nitrogen and oxygen atoms in total. The lowest BCUT2D eigenvalue weighted by molar-refractivity contribution is -0.120. The van der Waals surface area contributed by atoms with Crippen LogP contribution in [0.5, 0.6) is 28.9 Å². The Balaban J connectivity index is 1.63. The summed E-state index contributed by atoms with van der Waals surface area (Å²) in [5.74, 6) is 2.09. The van der Waals surface area contributed by atoms with E-state index in [2.05, 4.69) is 25.9 Å². The van der Waals surface area contributed by atoms with Crippen LogP contribution in [-0.2, 0) is 4.79 Å². The molecule has 2 aromatic carbocycles. The third-order valence-corrected chi connectivity index (χ3v) is 6.34. The van der Waals surface area contributed by atoms with Crippen molar-refractivity contribution in [3.05, 3.63) is 59.8 Å². The molecule has 0 unspecified atom stereocenters. The molecular formula is C26H21Cl3N6O5. The molecule has 0 saturated carbocycles. The number of hydrogen-bond donors (Lipinski definition) is 2. The predicted octanol–water partition coefficient (Wildman–Crippen LogP) is 5.27. The molecule has 0 bridgehead atoms. The molecule has 1 amide bonds. The number of H-pyrrole nitrogens is 1. The Morgan fingerprint density at radius 2 is 1.85 bits per heavy atom. The van der Waals surface area contributed by atoms with Gasteiger partial charge in [0, 0.05) is 29.4 Å². The number of ether oxygens (including phenoxy) is 4. The van der Waals surface area contributed by atoms with Crippen LogP contribution in [0, 0.1) is 6.92 Å². The van der Waals surface area contributed by atoms with Crippen LogP contribution in [0.25, 0.3) is 28.6 Å². The van der Waals surface area contributed by atoms with Gasteiger partial charge in [0.1, 0.15) is 11.5 Å². The summed E-state index contributed by atoms with van der Waals surface area (Å²) in [7, 11) is 1.59. The van der Waals surface area contributed by atoms with Gasteiger partial charge in [-0.25, -0.2) is 4.98 Å². The maximum Gasteiger partial charge on any atom is 0.272 e. The number of halogens is 3. The van der Waals surface area contributed by atoms with Crippen LogP contribution < -0.4 is 24.3 Å². The number of fused-ring (bicyclic) bond motifs is 1. The van der Waals surface area contributed by atoms with E-state index in [9.17, 15) is 4.79 Å². The zero-order valence-corrected chi connectivity index (χ0v) is 23.3. The minimum absolute atomic E-state index is 0.0984. The average Bonchev–Trinajstić information content (AvgIpc) is 3.63. The van der Waals surface area contributed by atoms with Gasteiger partial charge in [0.25, 0.3) is 9.70 Å². The Kier molecular flexibility index (Phi) is 7.97. The smallest absolute Gasteiger partial charge is 0.272 e. The number of hydrogen-bond acceptors (Lipinski definition) is 9. The topological polar surface area (TPSA) is 133 Å². The van der Waals surface area contributed by atoms with Crippen molar-refractivity contribution in [3.8, 4) is 51.4 Å². The van der Waals surface area contributed by atoms with Crippen molar-refractivity contribution >= 4 is 46.8 Å². The van der Waals surface area contributed by atoms with Gasteiger partial charge in [-0.15, -0.1) is 10.2 Å². The first-order chi connectivity index (χ1) is 19.2. The summed E-state index contributed by atoms with van der Waals surface area (Å²) in [6.07, 6.45) is 3.51. The average molecular weight is 604 g/mol. The van der Waals surface area contributed by atoms with E-state index in [0.29, 0.717) is 45.4 Å². The van der Waals surface area contributed by atoms with E-state index in [1.54, 1.807) is 37.5 Å². The molecule has 5 rings (SSSR count). The van der Waals surface area contributed by atoms with Crippen LogP contribution >= 0.6 is 34.8 Å². The SMILES string of the molecule is COc1ccc(-c2c(/C=C/CNC(=O)C(Cl)(Cl)Cl)c(C)nc(Oc3ccc4c(c3)OCO4)c2-c2nn[nH]n2)cc1. The highest BCUT2D eigenvalue weighted by molar-refractivity contribution is 6.76. The van der Waals surface area contributed by atoms with Crippen LogP contribution in [-0.4, -0.2) is 55.8 Å². The number of amides is 1. The Bertz CT molecular complexity index is 1560. The molecule has 206 valence electrons. The molecule has 0 atom stereocenters. The molecule has 0 aliphatic carbocycles. The lowest BCUT2D eigenvalue weighted by Gasteiger charge is -2.18. The second-order valence-electron chi connectivity index (χ2n) is 8.36. The van der Waals surface area contributed by atoms with E-state index >= 15 is 0 Å². The zero-order chi connectivity index (χ0) is 28.3. The summed E-state index contributed by atoms with van der Waals surface area (Å²) in [4.78, 5) is 16.7. The number of carbonyl (C=O) groups is 1. The van der Waals surface area contributed by atoms with E-state index in [1.807, 2.05) is 31.2 Å². The first-order valence-electron chi connectivity index (χ1n) is 11.8. The number of rotatable bonds is 8. The lowest BCUT2D eigenvalue weighted by Crippen LogP contribution is -2.34. The number of aryl methyl sites for hydroxylation is 1. The van der Waals surface area contributed by atoms with Crippen molar-refractivity contribution in [1.82, 2.24) is 30.9 Å². The molecule has 40 heavy (non-hydrogen) atoms. The van der Waals surface area contributed by atoms with Crippen LogP contribution in [0.1, 0.15) is 11.3 Å². The molecule has 0 radical (unpaired) electrons. The molecule has 0 fully saturated rings. The molecular weight excluding hydrogens is 583 g/mol. The summed E-state index contributed by atoms with van der Waals surface area (Å²) in [5, 5.41) is 17.2. The van der Waals surface area contributed by atoms with Crippen LogP contribution in [0.2, 0.25) is 0 Å². The molecule has 4 aromatic rings. The number of benzene rings is 2. The van der Waals surface area contributed by atoms with Gasteiger partial charge in [0.15, 0.2) is 11.5 Å². The largest absolute Gasteiger partial charge is 0.497 e.